The fourth-order valence-corrected chi connectivity index (χ4v) is 3.98. The Hall–Kier alpha value is -4.19. The number of H-pyrrole nitrogens is 1. The molecule has 2 aromatic heterocycles. The van der Waals surface area contributed by atoms with Gasteiger partial charge in [0.25, 0.3) is 5.91 Å². The molecule has 5 rings (SSSR count). The number of fused-ring (bicyclic) bond motifs is 3. The number of nitrogens with one attached hydrogen (secondary N) is 2. The van der Waals surface area contributed by atoms with E-state index in [2.05, 4.69) is 10.3 Å². The van der Waals surface area contributed by atoms with Crippen molar-refractivity contribution in [1.29, 1.82) is 0 Å². The van der Waals surface area contributed by atoms with E-state index in [-0.39, 0.29) is 18.3 Å². The van der Waals surface area contributed by atoms with E-state index in [1.807, 2.05) is 55.5 Å². The molecule has 0 aliphatic heterocycles. The number of amides is 1. The third kappa shape index (κ3) is 4.03. The molecule has 0 fully saturated rings. The van der Waals surface area contributed by atoms with Gasteiger partial charge in [-0.1, -0.05) is 42.5 Å². The maximum atomic E-state index is 13.2. The van der Waals surface area contributed by atoms with E-state index in [4.69, 9.17) is 9.72 Å². The van der Waals surface area contributed by atoms with E-state index in [9.17, 15) is 9.18 Å². The SMILES string of the molecule is CCOc1ccccc1-c1nc(C(=O)NCc2ccc(F)cc2)cc2c1[nH]c1ccccc12. The van der Waals surface area contributed by atoms with E-state index in [0.29, 0.717) is 23.7 Å². The molecule has 164 valence electrons. The number of hydrogen-bond acceptors (Lipinski definition) is 3. The molecule has 0 saturated heterocycles. The van der Waals surface area contributed by atoms with Crippen molar-refractivity contribution in [3.63, 3.8) is 0 Å². The largest absolute Gasteiger partial charge is 0.493 e. The molecule has 0 atom stereocenters. The molecule has 0 spiro atoms. The zero-order valence-corrected chi connectivity index (χ0v) is 18.1. The van der Waals surface area contributed by atoms with Crippen molar-refractivity contribution in [2.75, 3.05) is 6.61 Å². The second kappa shape index (κ2) is 8.74. The number of benzene rings is 3. The lowest BCUT2D eigenvalue weighted by atomic mass is 10.1. The number of para-hydroxylation sites is 2. The molecule has 5 nitrogen and oxygen atoms in total. The average molecular weight is 439 g/mol. The summed E-state index contributed by atoms with van der Waals surface area (Å²) in [4.78, 5) is 21.3. The highest BCUT2D eigenvalue weighted by molar-refractivity contribution is 6.13. The highest BCUT2D eigenvalue weighted by Crippen LogP contribution is 2.36. The minimum Gasteiger partial charge on any atom is -0.493 e. The van der Waals surface area contributed by atoms with E-state index < -0.39 is 0 Å². The highest BCUT2D eigenvalue weighted by Gasteiger charge is 2.19. The van der Waals surface area contributed by atoms with Crippen LogP contribution in [0, 0.1) is 5.82 Å². The second-order valence-electron chi connectivity index (χ2n) is 7.69. The summed E-state index contributed by atoms with van der Waals surface area (Å²) in [6, 6.07) is 23.5. The fourth-order valence-electron chi connectivity index (χ4n) is 3.98. The Morgan fingerprint density at radius 1 is 1.00 bits per heavy atom. The Balaban J connectivity index is 1.62. The number of aromatic nitrogens is 2. The quantitative estimate of drug-likeness (QED) is 0.349. The summed E-state index contributed by atoms with van der Waals surface area (Å²) in [6.45, 7) is 2.73. The fraction of sp³-hybridized carbons (Fsp3) is 0.111. The van der Waals surface area contributed by atoms with Crippen LogP contribution in [0.3, 0.4) is 0 Å². The first-order valence-corrected chi connectivity index (χ1v) is 10.8. The third-order valence-electron chi connectivity index (χ3n) is 5.54. The van der Waals surface area contributed by atoms with Crippen LogP contribution in [0.2, 0.25) is 0 Å². The van der Waals surface area contributed by atoms with E-state index in [0.717, 1.165) is 32.9 Å². The van der Waals surface area contributed by atoms with Crippen LogP contribution in [0.25, 0.3) is 33.1 Å². The maximum Gasteiger partial charge on any atom is 0.270 e. The number of halogens is 1. The topological polar surface area (TPSA) is 67.0 Å². The molecule has 2 N–H and O–H groups in total. The Kier molecular flexibility index (Phi) is 5.48. The minimum atomic E-state index is -0.311. The molecule has 6 heteroatoms. The van der Waals surface area contributed by atoms with Crippen LogP contribution < -0.4 is 10.1 Å². The molecule has 1 amide bonds. The summed E-state index contributed by atoms with van der Waals surface area (Å²) >= 11 is 0. The summed E-state index contributed by atoms with van der Waals surface area (Å²) in [5.41, 5.74) is 4.38. The summed E-state index contributed by atoms with van der Waals surface area (Å²) in [6.07, 6.45) is 0. The van der Waals surface area contributed by atoms with Crippen LogP contribution >= 0.6 is 0 Å². The zero-order valence-electron chi connectivity index (χ0n) is 18.1. The number of nitrogens with zero attached hydrogens (tertiary/aromatic N) is 1. The maximum absolute atomic E-state index is 13.2. The monoisotopic (exact) mass is 439 g/mol. The molecule has 3 aromatic carbocycles. The summed E-state index contributed by atoms with van der Waals surface area (Å²) in [7, 11) is 0. The van der Waals surface area contributed by atoms with Crippen LogP contribution in [0.15, 0.2) is 78.9 Å². The van der Waals surface area contributed by atoms with Gasteiger partial charge in [0.1, 0.15) is 17.3 Å². The molecular weight excluding hydrogens is 417 g/mol. The van der Waals surface area contributed by atoms with Crippen molar-refractivity contribution in [2.24, 2.45) is 0 Å². The van der Waals surface area contributed by atoms with Crippen molar-refractivity contribution in [2.45, 2.75) is 13.5 Å². The van der Waals surface area contributed by atoms with Crippen molar-refractivity contribution in [3.05, 3.63) is 95.9 Å². The van der Waals surface area contributed by atoms with Crippen molar-refractivity contribution in [1.82, 2.24) is 15.3 Å². The normalized spacial score (nSPS) is 11.1. The van der Waals surface area contributed by atoms with Gasteiger partial charge >= 0.3 is 0 Å². The summed E-state index contributed by atoms with van der Waals surface area (Å²) in [5, 5.41) is 4.82. The van der Waals surface area contributed by atoms with Gasteiger partial charge < -0.3 is 15.0 Å². The predicted octanol–water partition coefficient (Wildman–Crippen LogP) is 5.85. The van der Waals surface area contributed by atoms with Gasteiger partial charge in [0.05, 0.1) is 17.8 Å². The first-order valence-electron chi connectivity index (χ1n) is 10.8. The number of hydrogen-bond donors (Lipinski definition) is 2. The van der Waals surface area contributed by atoms with Crippen molar-refractivity contribution in [3.8, 4) is 17.0 Å². The van der Waals surface area contributed by atoms with Gasteiger partial charge in [-0.05, 0) is 48.9 Å². The number of rotatable bonds is 6. The van der Waals surface area contributed by atoms with Crippen LogP contribution in [-0.2, 0) is 6.54 Å². The highest BCUT2D eigenvalue weighted by atomic mass is 19.1. The average Bonchev–Trinajstić information content (AvgIpc) is 3.22. The van der Waals surface area contributed by atoms with Crippen LogP contribution in [0.1, 0.15) is 23.0 Å². The zero-order chi connectivity index (χ0) is 22.8. The van der Waals surface area contributed by atoms with Crippen LogP contribution in [-0.4, -0.2) is 22.5 Å². The lowest BCUT2D eigenvalue weighted by Gasteiger charge is -2.12. The molecule has 0 saturated carbocycles. The van der Waals surface area contributed by atoms with Gasteiger partial charge in [-0.15, -0.1) is 0 Å². The van der Waals surface area contributed by atoms with Gasteiger partial charge in [-0.25, -0.2) is 9.37 Å². The molecule has 33 heavy (non-hydrogen) atoms. The van der Waals surface area contributed by atoms with Crippen molar-refractivity contribution >= 4 is 27.7 Å². The second-order valence-corrected chi connectivity index (χ2v) is 7.69. The smallest absolute Gasteiger partial charge is 0.270 e. The van der Waals surface area contributed by atoms with Gasteiger partial charge in [0.2, 0.25) is 0 Å². The first-order chi connectivity index (χ1) is 16.1. The number of ether oxygens (including phenoxy) is 1. The molecule has 5 aromatic rings. The Morgan fingerprint density at radius 3 is 2.58 bits per heavy atom. The first kappa shape index (κ1) is 20.7. The standard InChI is InChI=1S/C27H22FN3O2/c1-2-33-24-10-6-4-8-20(24)25-26-21(19-7-3-5-9-22(19)30-26)15-23(31-25)27(32)29-16-17-11-13-18(28)14-12-17/h3-15,30H,2,16H2,1H3,(H,29,32). The Morgan fingerprint density at radius 2 is 1.76 bits per heavy atom. The number of aromatic amines is 1. The van der Waals surface area contributed by atoms with E-state index >= 15 is 0 Å². The van der Waals surface area contributed by atoms with E-state index in [1.165, 1.54) is 12.1 Å². The molecule has 0 bridgehead atoms. The minimum absolute atomic E-state index is 0.275. The predicted molar refractivity (Wildman–Crippen MR) is 128 cm³/mol. The van der Waals surface area contributed by atoms with Gasteiger partial charge in [0.15, 0.2) is 0 Å². The molecular formula is C27H22FN3O2. The van der Waals surface area contributed by atoms with Gasteiger partial charge in [0, 0.05) is 28.4 Å². The molecule has 0 aliphatic rings. The lowest BCUT2D eigenvalue weighted by molar-refractivity contribution is 0.0946. The summed E-state index contributed by atoms with van der Waals surface area (Å²) in [5.74, 6) is 0.0899. The molecule has 0 unspecified atom stereocenters. The number of pyridine rings is 1. The Labute approximate surface area is 190 Å². The van der Waals surface area contributed by atoms with Crippen LogP contribution in [0.5, 0.6) is 5.75 Å². The lowest BCUT2D eigenvalue weighted by Crippen LogP contribution is -2.24. The third-order valence-corrected chi connectivity index (χ3v) is 5.54. The number of carbonyl (C=O) groups is 1. The van der Waals surface area contributed by atoms with E-state index in [1.54, 1.807) is 18.2 Å². The Bertz CT molecular complexity index is 1460. The van der Waals surface area contributed by atoms with Crippen LogP contribution in [0.4, 0.5) is 4.39 Å². The van der Waals surface area contributed by atoms with Gasteiger partial charge in [-0.3, -0.25) is 4.79 Å². The molecule has 0 aliphatic carbocycles. The van der Waals surface area contributed by atoms with Gasteiger partial charge in [-0.2, -0.15) is 0 Å². The molecule has 0 radical (unpaired) electrons. The van der Waals surface area contributed by atoms with Crippen molar-refractivity contribution < 1.29 is 13.9 Å². The number of carbonyl (C=O) groups excluding carboxylic acids is 1. The molecule has 2 heterocycles. The summed E-state index contributed by atoms with van der Waals surface area (Å²) < 4.78 is 19.0.